The molecule has 17 heavy (non-hydrogen) atoms. The molecule has 5 nitrogen and oxygen atoms in total. The highest BCUT2D eigenvalue weighted by Gasteiger charge is 2.12. The molecule has 1 unspecified atom stereocenters. The summed E-state index contributed by atoms with van der Waals surface area (Å²) in [6.45, 7) is 4.09. The summed E-state index contributed by atoms with van der Waals surface area (Å²) >= 11 is 5.12. The highest BCUT2D eigenvalue weighted by Crippen LogP contribution is 2.12. The number of nitrogens with one attached hydrogen (secondary N) is 2. The molecule has 0 aliphatic rings. The summed E-state index contributed by atoms with van der Waals surface area (Å²) in [7, 11) is 3.78. The van der Waals surface area contributed by atoms with Crippen molar-refractivity contribution >= 4 is 17.3 Å². The van der Waals surface area contributed by atoms with E-state index in [0.29, 0.717) is 5.11 Å². The second-order valence-corrected chi connectivity index (χ2v) is 4.32. The molecule has 0 aromatic carbocycles. The Bertz CT molecular complexity index is 380. The average molecular weight is 253 g/mol. The van der Waals surface area contributed by atoms with Gasteiger partial charge < -0.3 is 4.90 Å². The van der Waals surface area contributed by atoms with Crippen LogP contribution in [0.5, 0.6) is 0 Å². The Labute approximate surface area is 108 Å². The topological polar surface area (TPSA) is 53.1 Å². The molecule has 0 saturated heterocycles. The molecule has 1 heterocycles. The molecule has 0 spiro atoms. The van der Waals surface area contributed by atoms with Crippen molar-refractivity contribution in [1.29, 1.82) is 0 Å². The molecule has 0 radical (unpaired) electrons. The van der Waals surface area contributed by atoms with Crippen molar-refractivity contribution < 1.29 is 0 Å². The number of hydrogen-bond acceptors (Lipinski definition) is 4. The van der Waals surface area contributed by atoms with Gasteiger partial charge >= 0.3 is 0 Å². The minimum absolute atomic E-state index is 0.0524. The molecule has 0 bridgehead atoms. The number of hydrogen-bond donors (Lipinski definition) is 2. The molecule has 1 rings (SSSR count). The van der Waals surface area contributed by atoms with Crippen LogP contribution in [0.3, 0.4) is 0 Å². The van der Waals surface area contributed by atoms with Crippen LogP contribution < -0.4 is 10.9 Å². The van der Waals surface area contributed by atoms with Crippen LogP contribution in [0.2, 0.25) is 0 Å². The molecule has 2 N–H and O–H groups in total. The van der Waals surface area contributed by atoms with Gasteiger partial charge in [0, 0.05) is 26.5 Å². The van der Waals surface area contributed by atoms with Crippen molar-refractivity contribution in [2.45, 2.75) is 26.3 Å². The van der Waals surface area contributed by atoms with Gasteiger partial charge in [-0.2, -0.15) is 0 Å². The first-order valence-electron chi connectivity index (χ1n) is 5.58. The predicted octanol–water partition coefficient (Wildman–Crippen LogP) is 1.04. The van der Waals surface area contributed by atoms with Crippen molar-refractivity contribution in [1.82, 2.24) is 25.7 Å². The SMILES string of the molecule is CCc1nccnc1C(C)NNC(=S)N(C)C. The fourth-order valence-corrected chi connectivity index (χ4v) is 1.42. The maximum atomic E-state index is 5.12. The van der Waals surface area contributed by atoms with E-state index in [0.717, 1.165) is 17.8 Å². The third-order valence-corrected chi connectivity index (χ3v) is 2.82. The molecule has 0 aliphatic heterocycles. The van der Waals surface area contributed by atoms with E-state index in [9.17, 15) is 0 Å². The molecule has 0 aliphatic carbocycles. The van der Waals surface area contributed by atoms with Crippen LogP contribution in [0.1, 0.15) is 31.3 Å². The minimum atomic E-state index is 0.0524. The quantitative estimate of drug-likeness (QED) is 0.618. The fourth-order valence-electron chi connectivity index (χ4n) is 1.36. The maximum Gasteiger partial charge on any atom is 0.182 e. The molecule has 94 valence electrons. The lowest BCUT2D eigenvalue weighted by molar-refractivity contribution is 0.492. The van der Waals surface area contributed by atoms with Gasteiger partial charge in [-0.25, -0.2) is 5.43 Å². The molecule has 1 atom stereocenters. The van der Waals surface area contributed by atoms with Gasteiger partial charge in [0.15, 0.2) is 5.11 Å². The van der Waals surface area contributed by atoms with Crippen LogP contribution in [0, 0.1) is 0 Å². The Morgan fingerprint density at radius 2 is 2.06 bits per heavy atom. The van der Waals surface area contributed by atoms with Crippen molar-refractivity contribution in [3.63, 3.8) is 0 Å². The lowest BCUT2D eigenvalue weighted by Gasteiger charge is -2.20. The molecule has 6 heteroatoms. The zero-order chi connectivity index (χ0) is 12.8. The number of nitrogens with zero attached hydrogens (tertiary/aromatic N) is 3. The Kier molecular flexibility index (Phi) is 5.24. The molecule has 0 fully saturated rings. The van der Waals surface area contributed by atoms with Gasteiger partial charge in [0.05, 0.1) is 17.4 Å². The third-order valence-electron chi connectivity index (χ3n) is 2.35. The summed E-state index contributed by atoms with van der Waals surface area (Å²) in [5.41, 5.74) is 8.04. The summed E-state index contributed by atoms with van der Waals surface area (Å²) in [5.74, 6) is 0. The van der Waals surface area contributed by atoms with Crippen LogP contribution in [-0.2, 0) is 6.42 Å². The van der Waals surface area contributed by atoms with Gasteiger partial charge in [-0.3, -0.25) is 15.4 Å². The van der Waals surface area contributed by atoms with Crippen molar-refractivity contribution in [3.05, 3.63) is 23.8 Å². The van der Waals surface area contributed by atoms with Gasteiger partial charge in [0.1, 0.15) is 0 Å². The van der Waals surface area contributed by atoms with Crippen LogP contribution in [0.4, 0.5) is 0 Å². The van der Waals surface area contributed by atoms with Crippen LogP contribution in [0.15, 0.2) is 12.4 Å². The zero-order valence-electron chi connectivity index (χ0n) is 10.7. The van der Waals surface area contributed by atoms with Crippen LogP contribution in [0.25, 0.3) is 0 Å². The Hall–Kier alpha value is -1.27. The van der Waals surface area contributed by atoms with Crippen molar-refractivity contribution in [2.24, 2.45) is 0 Å². The molecule has 1 aromatic rings. The summed E-state index contributed by atoms with van der Waals surface area (Å²) in [6.07, 6.45) is 4.29. The van der Waals surface area contributed by atoms with Crippen molar-refractivity contribution in [2.75, 3.05) is 14.1 Å². The van der Waals surface area contributed by atoms with Crippen LogP contribution >= 0.6 is 12.2 Å². The third kappa shape index (κ3) is 3.90. The van der Waals surface area contributed by atoms with E-state index in [4.69, 9.17) is 12.2 Å². The Morgan fingerprint density at radius 1 is 1.41 bits per heavy atom. The number of thiocarbonyl (C=S) groups is 1. The van der Waals surface area contributed by atoms with E-state index in [1.807, 2.05) is 25.9 Å². The van der Waals surface area contributed by atoms with E-state index in [1.165, 1.54) is 0 Å². The standard InChI is InChI=1S/C11H19N5S/c1-5-9-10(13-7-6-12-9)8(2)14-15-11(17)16(3)4/h6-8,14H,5H2,1-4H3,(H,15,17). The number of hydrazine groups is 1. The highest BCUT2D eigenvalue weighted by molar-refractivity contribution is 7.80. The molecule has 1 aromatic heterocycles. The maximum absolute atomic E-state index is 5.12. The van der Waals surface area contributed by atoms with Gasteiger partial charge in [-0.15, -0.1) is 0 Å². The molecular weight excluding hydrogens is 234 g/mol. The number of aromatic nitrogens is 2. The van der Waals surface area contributed by atoms with Gasteiger partial charge in [0.2, 0.25) is 0 Å². The largest absolute Gasteiger partial charge is 0.354 e. The van der Waals surface area contributed by atoms with E-state index in [-0.39, 0.29) is 6.04 Å². The van der Waals surface area contributed by atoms with E-state index < -0.39 is 0 Å². The lowest BCUT2D eigenvalue weighted by Crippen LogP contribution is -2.44. The summed E-state index contributed by atoms with van der Waals surface area (Å²) < 4.78 is 0. The number of aryl methyl sites for hydroxylation is 1. The normalized spacial score (nSPS) is 12.0. The molecule has 0 amide bonds. The molecular formula is C11H19N5S. The smallest absolute Gasteiger partial charge is 0.182 e. The number of rotatable bonds is 4. The first-order valence-corrected chi connectivity index (χ1v) is 5.99. The second kappa shape index (κ2) is 6.46. The predicted molar refractivity (Wildman–Crippen MR) is 72.4 cm³/mol. The second-order valence-electron chi connectivity index (χ2n) is 3.93. The van der Waals surface area contributed by atoms with E-state index in [1.54, 1.807) is 12.4 Å². The zero-order valence-corrected chi connectivity index (χ0v) is 11.5. The minimum Gasteiger partial charge on any atom is -0.354 e. The van der Waals surface area contributed by atoms with Crippen LogP contribution in [-0.4, -0.2) is 34.1 Å². The monoisotopic (exact) mass is 253 g/mol. The van der Waals surface area contributed by atoms with Crippen molar-refractivity contribution in [3.8, 4) is 0 Å². The fraction of sp³-hybridized carbons (Fsp3) is 0.545. The first-order chi connectivity index (χ1) is 8.06. The average Bonchev–Trinajstić information content (AvgIpc) is 2.35. The summed E-state index contributed by atoms with van der Waals surface area (Å²) in [6, 6.07) is 0.0524. The van der Waals surface area contributed by atoms with Gasteiger partial charge in [-0.1, -0.05) is 6.92 Å². The Balaban J connectivity index is 2.63. The Morgan fingerprint density at radius 3 is 2.65 bits per heavy atom. The summed E-state index contributed by atoms with van der Waals surface area (Å²) in [5, 5.41) is 0.638. The van der Waals surface area contributed by atoms with Gasteiger partial charge in [0.25, 0.3) is 0 Å². The lowest BCUT2D eigenvalue weighted by atomic mass is 10.1. The highest BCUT2D eigenvalue weighted by atomic mass is 32.1. The van der Waals surface area contributed by atoms with E-state index >= 15 is 0 Å². The first kappa shape index (κ1) is 13.8. The van der Waals surface area contributed by atoms with Gasteiger partial charge in [-0.05, 0) is 25.6 Å². The van der Waals surface area contributed by atoms with E-state index in [2.05, 4.69) is 27.7 Å². The molecule has 0 saturated carbocycles. The summed E-state index contributed by atoms with van der Waals surface area (Å²) in [4.78, 5) is 10.5.